The molecule has 6 rings (SSSR count). The van der Waals surface area contributed by atoms with E-state index in [9.17, 15) is 4.79 Å². The number of anilines is 2. The highest BCUT2D eigenvalue weighted by atomic mass is 16.5. The Bertz CT molecular complexity index is 1370. The van der Waals surface area contributed by atoms with Gasteiger partial charge in [-0.05, 0) is 48.1 Å². The molecule has 0 bridgehead atoms. The zero-order chi connectivity index (χ0) is 23.2. The smallest absolute Gasteiger partial charge is 0.256 e. The number of hydrogen-bond donors (Lipinski definition) is 2. The van der Waals surface area contributed by atoms with Crippen LogP contribution >= 0.6 is 0 Å². The number of benzene rings is 1. The molecule has 2 aliphatic rings. The second-order valence-electron chi connectivity index (χ2n) is 9.07. The summed E-state index contributed by atoms with van der Waals surface area (Å²) >= 11 is 0. The molecule has 172 valence electrons. The number of aryl methyl sites for hydroxylation is 1. The quantitative estimate of drug-likeness (QED) is 0.457. The maximum Gasteiger partial charge on any atom is 0.256 e. The van der Waals surface area contributed by atoms with Crippen LogP contribution < -0.4 is 11.1 Å². The van der Waals surface area contributed by atoms with Gasteiger partial charge in [0.1, 0.15) is 28.7 Å². The molecule has 0 unspecified atom stereocenters. The number of nitrogen functional groups attached to an aromatic ring is 1. The number of nitrogens with one attached hydrogen (secondary N) is 1. The number of nitrogens with two attached hydrogens (primary N) is 1. The van der Waals surface area contributed by atoms with Gasteiger partial charge in [0, 0.05) is 35.6 Å². The van der Waals surface area contributed by atoms with E-state index in [0.29, 0.717) is 35.0 Å². The minimum atomic E-state index is -0.199. The van der Waals surface area contributed by atoms with Crippen LogP contribution in [0.3, 0.4) is 0 Å². The van der Waals surface area contributed by atoms with Gasteiger partial charge in [-0.1, -0.05) is 25.5 Å². The molecule has 1 saturated heterocycles. The summed E-state index contributed by atoms with van der Waals surface area (Å²) in [6.45, 7) is 3.71. The molecule has 3 N–H and O–H groups in total. The van der Waals surface area contributed by atoms with Crippen molar-refractivity contribution in [2.24, 2.45) is 11.8 Å². The molecule has 34 heavy (non-hydrogen) atoms. The van der Waals surface area contributed by atoms with Gasteiger partial charge >= 0.3 is 0 Å². The van der Waals surface area contributed by atoms with Crippen LogP contribution in [0, 0.1) is 11.8 Å². The average Bonchev–Trinajstić information content (AvgIpc) is 3.17. The second-order valence-corrected chi connectivity index (χ2v) is 9.07. The maximum atomic E-state index is 12.8. The van der Waals surface area contributed by atoms with E-state index < -0.39 is 0 Å². The number of pyridine rings is 1. The molecular formula is C26H26N6O2. The molecule has 1 aromatic carbocycles. The molecule has 1 aliphatic carbocycles. The van der Waals surface area contributed by atoms with Crippen LogP contribution in [0.4, 0.5) is 11.6 Å². The Kier molecular flexibility index (Phi) is 5.03. The fourth-order valence-electron chi connectivity index (χ4n) is 5.10. The van der Waals surface area contributed by atoms with E-state index in [1.54, 1.807) is 24.5 Å². The lowest BCUT2D eigenvalue weighted by Gasteiger charge is -2.07. The summed E-state index contributed by atoms with van der Waals surface area (Å²) in [5.74, 6) is 3.26. The number of imidazole rings is 1. The number of rotatable bonds is 6. The molecule has 1 aliphatic heterocycles. The number of carbonyl (C=O) groups is 1. The van der Waals surface area contributed by atoms with E-state index in [2.05, 4.69) is 26.6 Å². The van der Waals surface area contributed by atoms with Gasteiger partial charge in [0.15, 0.2) is 0 Å². The molecule has 8 heteroatoms. The summed E-state index contributed by atoms with van der Waals surface area (Å²) in [4.78, 5) is 26.4. The monoisotopic (exact) mass is 454 g/mol. The zero-order valence-corrected chi connectivity index (χ0v) is 18.9. The van der Waals surface area contributed by atoms with Gasteiger partial charge in [-0.3, -0.25) is 9.20 Å². The number of amides is 1. The van der Waals surface area contributed by atoms with Crippen molar-refractivity contribution in [3.05, 3.63) is 71.9 Å². The number of carbonyl (C=O) groups excluding carboxylic acids is 1. The molecular weight excluding hydrogens is 428 g/mol. The summed E-state index contributed by atoms with van der Waals surface area (Å²) in [7, 11) is 0. The molecule has 1 saturated carbocycles. The predicted octanol–water partition coefficient (Wildman–Crippen LogP) is 3.94. The molecule has 8 nitrogen and oxygen atoms in total. The first-order valence-electron chi connectivity index (χ1n) is 11.7. The van der Waals surface area contributed by atoms with Crippen molar-refractivity contribution in [3.63, 3.8) is 0 Å². The first kappa shape index (κ1) is 20.8. The van der Waals surface area contributed by atoms with Crippen LogP contribution in [-0.2, 0) is 11.2 Å². The average molecular weight is 455 g/mol. The lowest BCUT2D eigenvalue weighted by molar-refractivity contribution is 0.102. The fourth-order valence-corrected chi connectivity index (χ4v) is 5.10. The topological polar surface area (TPSA) is 107 Å². The Morgan fingerprint density at radius 1 is 1.15 bits per heavy atom. The van der Waals surface area contributed by atoms with Crippen LogP contribution in [0.2, 0.25) is 0 Å². The molecule has 4 aromatic rings. The Morgan fingerprint density at radius 2 is 1.94 bits per heavy atom. The normalized spacial score (nSPS) is 20.9. The molecule has 1 amide bonds. The minimum absolute atomic E-state index is 0.199. The highest BCUT2D eigenvalue weighted by Crippen LogP contribution is 2.57. The number of hydrogen-bond acceptors (Lipinski definition) is 6. The van der Waals surface area contributed by atoms with Crippen LogP contribution in [0.15, 0.2) is 55.0 Å². The lowest BCUT2D eigenvalue weighted by atomic mass is 10.1. The number of fused-ring (bicyclic) bond motifs is 2. The summed E-state index contributed by atoms with van der Waals surface area (Å²) in [5.41, 5.74) is 10.5. The standard InChI is InChI=1S/C26H26N6O2/c1-2-3-15-8-9-28-20(12-15)30-26(33)17-6-4-16(5-7-17)22-23-24(27)29-10-11-32(23)25(31-22)21-18-13-34-14-19(18)21/h4-12,18-19,21H,2-3,13-14H2,1H3,(H2,27,29)(H,28,30,33)/t18-,19+,21-. The molecule has 4 heterocycles. The number of nitrogens with zero attached hydrogens (tertiary/aromatic N) is 4. The largest absolute Gasteiger partial charge is 0.382 e. The summed E-state index contributed by atoms with van der Waals surface area (Å²) < 4.78 is 7.63. The molecule has 3 atom stereocenters. The van der Waals surface area contributed by atoms with Gasteiger partial charge in [0.05, 0.1) is 13.2 Å². The third kappa shape index (κ3) is 3.51. The number of ether oxygens (including phenoxy) is 1. The van der Waals surface area contributed by atoms with E-state index in [1.807, 2.05) is 30.5 Å². The fraction of sp³-hybridized carbons (Fsp3) is 0.308. The van der Waals surface area contributed by atoms with E-state index in [4.69, 9.17) is 15.5 Å². The third-order valence-corrected chi connectivity index (χ3v) is 6.89. The SMILES string of the molecule is CCCc1ccnc(NC(=O)c2ccc(-c3nc([C@@H]4[C@@H]5COC[C@@H]54)n4ccnc(N)c34)cc2)c1. The minimum Gasteiger partial charge on any atom is -0.382 e. The van der Waals surface area contributed by atoms with Crippen molar-refractivity contribution >= 4 is 23.1 Å². The molecule has 2 fully saturated rings. The van der Waals surface area contributed by atoms with Gasteiger partial charge in [0.2, 0.25) is 0 Å². The predicted molar refractivity (Wildman–Crippen MR) is 130 cm³/mol. The summed E-state index contributed by atoms with van der Waals surface area (Å²) in [6.07, 6.45) is 7.35. The van der Waals surface area contributed by atoms with Crippen LogP contribution in [-0.4, -0.2) is 38.5 Å². The van der Waals surface area contributed by atoms with Crippen molar-refractivity contribution in [2.45, 2.75) is 25.7 Å². The maximum absolute atomic E-state index is 12.8. The van der Waals surface area contributed by atoms with E-state index in [0.717, 1.165) is 54.2 Å². The Labute approximate surface area is 197 Å². The Morgan fingerprint density at radius 3 is 2.71 bits per heavy atom. The summed E-state index contributed by atoms with van der Waals surface area (Å²) in [6, 6.07) is 11.3. The van der Waals surface area contributed by atoms with Crippen molar-refractivity contribution in [1.82, 2.24) is 19.4 Å². The molecule has 3 aromatic heterocycles. The van der Waals surface area contributed by atoms with Crippen molar-refractivity contribution in [1.29, 1.82) is 0 Å². The Balaban J connectivity index is 1.28. The second kappa shape index (κ2) is 8.22. The van der Waals surface area contributed by atoms with Crippen LogP contribution in [0.25, 0.3) is 16.8 Å². The number of aromatic nitrogens is 4. The van der Waals surface area contributed by atoms with E-state index >= 15 is 0 Å². The third-order valence-electron chi connectivity index (χ3n) is 6.89. The molecule has 0 radical (unpaired) electrons. The van der Waals surface area contributed by atoms with Crippen molar-refractivity contribution in [2.75, 3.05) is 24.3 Å². The van der Waals surface area contributed by atoms with E-state index in [-0.39, 0.29) is 5.91 Å². The first-order valence-corrected chi connectivity index (χ1v) is 11.7. The van der Waals surface area contributed by atoms with E-state index in [1.165, 1.54) is 0 Å². The van der Waals surface area contributed by atoms with Gasteiger partial charge in [-0.2, -0.15) is 0 Å². The van der Waals surface area contributed by atoms with Crippen LogP contribution in [0.5, 0.6) is 0 Å². The van der Waals surface area contributed by atoms with Gasteiger partial charge < -0.3 is 15.8 Å². The first-order chi connectivity index (χ1) is 16.6. The van der Waals surface area contributed by atoms with Gasteiger partial charge in [0.25, 0.3) is 5.91 Å². The lowest BCUT2D eigenvalue weighted by Crippen LogP contribution is -2.13. The molecule has 0 spiro atoms. The highest BCUT2D eigenvalue weighted by molar-refractivity contribution is 6.04. The zero-order valence-electron chi connectivity index (χ0n) is 18.9. The Hall–Kier alpha value is -3.78. The highest BCUT2D eigenvalue weighted by Gasteiger charge is 2.56. The van der Waals surface area contributed by atoms with Crippen LogP contribution in [0.1, 0.15) is 41.0 Å². The van der Waals surface area contributed by atoms with Gasteiger partial charge in [-0.15, -0.1) is 0 Å². The van der Waals surface area contributed by atoms with Crippen molar-refractivity contribution in [3.8, 4) is 11.3 Å². The van der Waals surface area contributed by atoms with Gasteiger partial charge in [-0.25, -0.2) is 15.0 Å². The summed E-state index contributed by atoms with van der Waals surface area (Å²) in [5, 5.41) is 2.89. The van der Waals surface area contributed by atoms with Crippen molar-refractivity contribution < 1.29 is 9.53 Å².